The minimum Gasteiger partial charge on any atom is -0.378 e. The molecule has 7 heteroatoms. The molecule has 22 heavy (non-hydrogen) atoms. The van der Waals surface area contributed by atoms with Crippen molar-refractivity contribution < 1.29 is 9.53 Å². The molecule has 0 saturated carbocycles. The van der Waals surface area contributed by atoms with Gasteiger partial charge in [-0.3, -0.25) is 4.79 Å². The maximum atomic E-state index is 12.5. The van der Waals surface area contributed by atoms with Crippen molar-refractivity contribution in [1.29, 1.82) is 0 Å². The zero-order chi connectivity index (χ0) is 15.5. The summed E-state index contributed by atoms with van der Waals surface area (Å²) in [6.45, 7) is 4.86. The predicted molar refractivity (Wildman–Crippen MR) is 84.7 cm³/mol. The summed E-state index contributed by atoms with van der Waals surface area (Å²) < 4.78 is 8.07. The lowest BCUT2D eigenvalue weighted by atomic mass is 10.2. The van der Waals surface area contributed by atoms with E-state index in [1.54, 1.807) is 9.58 Å². The zero-order valence-corrected chi connectivity index (χ0v) is 13.9. The first-order chi connectivity index (χ1) is 10.6. The van der Waals surface area contributed by atoms with E-state index in [2.05, 4.69) is 26.2 Å². The van der Waals surface area contributed by atoms with E-state index in [1.807, 2.05) is 31.2 Å². The highest BCUT2D eigenvalue weighted by Crippen LogP contribution is 2.14. The Hall–Kier alpha value is -1.73. The first kappa shape index (κ1) is 15.2. The highest BCUT2D eigenvalue weighted by molar-refractivity contribution is 9.10. The second-order valence-electron chi connectivity index (χ2n) is 5.21. The van der Waals surface area contributed by atoms with Crippen LogP contribution < -0.4 is 0 Å². The molecule has 0 aliphatic carbocycles. The summed E-state index contributed by atoms with van der Waals surface area (Å²) in [5, 5.41) is 8.20. The van der Waals surface area contributed by atoms with Gasteiger partial charge < -0.3 is 9.64 Å². The molecule has 0 spiro atoms. The van der Waals surface area contributed by atoms with Gasteiger partial charge in [-0.25, -0.2) is 4.68 Å². The molecule has 116 valence electrons. The summed E-state index contributed by atoms with van der Waals surface area (Å²) in [7, 11) is 0. The van der Waals surface area contributed by atoms with Gasteiger partial charge in [0.1, 0.15) is 0 Å². The van der Waals surface area contributed by atoms with Crippen LogP contribution in [0.1, 0.15) is 21.7 Å². The fraction of sp³-hybridized carbons (Fsp3) is 0.400. The highest BCUT2D eigenvalue weighted by atomic mass is 79.9. The second kappa shape index (κ2) is 6.58. The van der Waals surface area contributed by atoms with Gasteiger partial charge in [-0.15, -0.1) is 5.10 Å². The largest absolute Gasteiger partial charge is 0.378 e. The molecule has 2 heterocycles. The molecule has 1 saturated heterocycles. The summed E-state index contributed by atoms with van der Waals surface area (Å²) in [5.41, 5.74) is 2.33. The Morgan fingerprint density at radius 1 is 1.27 bits per heavy atom. The van der Waals surface area contributed by atoms with Crippen LogP contribution in [-0.4, -0.2) is 52.1 Å². The van der Waals surface area contributed by atoms with Gasteiger partial charge in [-0.2, -0.15) is 0 Å². The number of benzene rings is 1. The SMILES string of the molecule is Cc1c(C(=O)N2CCOCC2)nnn1Cc1ccc(Br)cc1. The van der Waals surface area contributed by atoms with E-state index in [0.29, 0.717) is 38.5 Å². The number of ether oxygens (including phenoxy) is 1. The third-order valence-electron chi connectivity index (χ3n) is 3.73. The van der Waals surface area contributed by atoms with E-state index in [1.165, 1.54) is 0 Å². The van der Waals surface area contributed by atoms with Crippen molar-refractivity contribution in [2.75, 3.05) is 26.3 Å². The number of rotatable bonds is 3. The maximum Gasteiger partial charge on any atom is 0.276 e. The van der Waals surface area contributed by atoms with E-state index < -0.39 is 0 Å². The Morgan fingerprint density at radius 2 is 1.95 bits per heavy atom. The molecule has 1 aromatic heterocycles. The number of aromatic nitrogens is 3. The Labute approximate surface area is 137 Å². The molecule has 0 radical (unpaired) electrons. The summed E-state index contributed by atoms with van der Waals surface area (Å²) in [4.78, 5) is 14.2. The number of morpholine rings is 1. The van der Waals surface area contributed by atoms with Crippen molar-refractivity contribution >= 4 is 21.8 Å². The van der Waals surface area contributed by atoms with E-state index in [-0.39, 0.29) is 5.91 Å². The fourth-order valence-electron chi connectivity index (χ4n) is 2.39. The van der Waals surface area contributed by atoms with E-state index in [0.717, 1.165) is 15.7 Å². The van der Waals surface area contributed by atoms with Gasteiger partial charge in [0.15, 0.2) is 5.69 Å². The molecule has 0 unspecified atom stereocenters. The Bertz CT molecular complexity index is 663. The molecular formula is C15H17BrN4O2. The lowest BCUT2D eigenvalue weighted by molar-refractivity contribution is 0.0298. The van der Waals surface area contributed by atoms with Gasteiger partial charge in [0, 0.05) is 17.6 Å². The molecule has 1 aliphatic heterocycles. The van der Waals surface area contributed by atoms with Crippen LogP contribution >= 0.6 is 15.9 Å². The molecule has 3 rings (SSSR count). The zero-order valence-electron chi connectivity index (χ0n) is 12.3. The van der Waals surface area contributed by atoms with Crippen LogP contribution in [0.5, 0.6) is 0 Å². The van der Waals surface area contributed by atoms with E-state index in [4.69, 9.17) is 4.74 Å². The normalized spacial score (nSPS) is 15.1. The quantitative estimate of drug-likeness (QED) is 0.833. The van der Waals surface area contributed by atoms with Crippen LogP contribution in [0.25, 0.3) is 0 Å². The Balaban J connectivity index is 1.76. The second-order valence-corrected chi connectivity index (χ2v) is 6.13. The Kier molecular flexibility index (Phi) is 4.54. The first-order valence-electron chi connectivity index (χ1n) is 7.16. The van der Waals surface area contributed by atoms with Crippen LogP contribution in [0.3, 0.4) is 0 Å². The number of hydrogen-bond acceptors (Lipinski definition) is 4. The van der Waals surface area contributed by atoms with Crippen molar-refractivity contribution in [2.24, 2.45) is 0 Å². The molecular weight excluding hydrogens is 348 g/mol. The molecule has 0 atom stereocenters. The number of amides is 1. The van der Waals surface area contributed by atoms with Crippen LogP contribution in [0.2, 0.25) is 0 Å². The van der Waals surface area contributed by atoms with Crippen LogP contribution in [-0.2, 0) is 11.3 Å². The van der Waals surface area contributed by atoms with Gasteiger partial charge in [-0.05, 0) is 24.6 Å². The number of hydrogen-bond donors (Lipinski definition) is 0. The summed E-state index contributed by atoms with van der Waals surface area (Å²) >= 11 is 3.42. The standard InChI is InChI=1S/C15H17BrN4O2/c1-11-14(15(21)19-6-8-22-9-7-19)17-18-20(11)10-12-2-4-13(16)5-3-12/h2-5H,6-10H2,1H3. The van der Waals surface area contributed by atoms with Gasteiger partial charge >= 0.3 is 0 Å². The molecule has 2 aromatic rings. The maximum absolute atomic E-state index is 12.5. The molecule has 1 aliphatic rings. The lowest BCUT2D eigenvalue weighted by Crippen LogP contribution is -2.41. The van der Waals surface area contributed by atoms with Crippen LogP contribution in [0.4, 0.5) is 0 Å². The van der Waals surface area contributed by atoms with Gasteiger partial charge in [0.2, 0.25) is 0 Å². The number of carbonyl (C=O) groups is 1. The van der Waals surface area contributed by atoms with Gasteiger partial charge in [0.05, 0.1) is 25.5 Å². The third-order valence-corrected chi connectivity index (χ3v) is 4.26. The fourth-order valence-corrected chi connectivity index (χ4v) is 2.65. The number of halogens is 1. The van der Waals surface area contributed by atoms with Crippen molar-refractivity contribution in [3.05, 3.63) is 45.7 Å². The van der Waals surface area contributed by atoms with Crippen molar-refractivity contribution in [2.45, 2.75) is 13.5 Å². The molecule has 0 N–H and O–H groups in total. The molecule has 6 nitrogen and oxygen atoms in total. The van der Waals surface area contributed by atoms with Crippen molar-refractivity contribution in [3.8, 4) is 0 Å². The summed E-state index contributed by atoms with van der Waals surface area (Å²) in [6.07, 6.45) is 0. The van der Waals surface area contributed by atoms with Gasteiger partial charge in [-0.1, -0.05) is 33.3 Å². The molecule has 0 bridgehead atoms. The van der Waals surface area contributed by atoms with E-state index >= 15 is 0 Å². The van der Waals surface area contributed by atoms with Crippen LogP contribution in [0, 0.1) is 6.92 Å². The molecule has 1 amide bonds. The molecule has 1 fully saturated rings. The highest BCUT2D eigenvalue weighted by Gasteiger charge is 2.24. The average Bonchev–Trinajstić information content (AvgIpc) is 2.91. The Morgan fingerprint density at radius 3 is 2.64 bits per heavy atom. The first-order valence-corrected chi connectivity index (χ1v) is 7.96. The van der Waals surface area contributed by atoms with Crippen LogP contribution in [0.15, 0.2) is 28.7 Å². The third kappa shape index (κ3) is 3.20. The topological polar surface area (TPSA) is 60.3 Å². The van der Waals surface area contributed by atoms with Crippen molar-refractivity contribution in [3.63, 3.8) is 0 Å². The predicted octanol–water partition coefficient (Wildman–Crippen LogP) is 1.87. The number of nitrogens with zero attached hydrogens (tertiary/aromatic N) is 4. The summed E-state index contributed by atoms with van der Waals surface area (Å²) in [5.74, 6) is -0.0668. The minimum atomic E-state index is -0.0668. The smallest absolute Gasteiger partial charge is 0.276 e. The average molecular weight is 365 g/mol. The minimum absolute atomic E-state index is 0.0668. The molecule has 1 aromatic carbocycles. The number of carbonyl (C=O) groups excluding carboxylic acids is 1. The van der Waals surface area contributed by atoms with Crippen molar-refractivity contribution in [1.82, 2.24) is 19.9 Å². The van der Waals surface area contributed by atoms with Gasteiger partial charge in [0.25, 0.3) is 5.91 Å². The summed E-state index contributed by atoms with van der Waals surface area (Å²) in [6, 6.07) is 8.02. The van der Waals surface area contributed by atoms with E-state index in [9.17, 15) is 4.79 Å². The monoisotopic (exact) mass is 364 g/mol. The lowest BCUT2D eigenvalue weighted by Gasteiger charge is -2.26.